The molecule has 1 aliphatic heterocycles. The number of hydrogen-bond acceptors (Lipinski definition) is 8. The molecule has 10 nitrogen and oxygen atoms in total. The predicted octanol–water partition coefficient (Wildman–Crippen LogP) is 3.29. The maximum Gasteiger partial charge on any atom is 0.453 e. The van der Waals surface area contributed by atoms with Gasteiger partial charge in [0, 0.05) is 26.2 Å². The fourth-order valence-electron chi connectivity index (χ4n) is 3.85. The second kappa shape index (κ2) is 8.64. The van der Waals surface area contributed by atoms with Gasteiger partial charge < -0.3 is 15.4 Å². The van der Waals surface area contributed by atoms with Gasteiger partial charge in [-0.1, -0.05) is 0 Å². The van der Waals surface area contributed by atoms with Gasteiger partial charge in [-0.3, -0.25) is 9.59 Å². The first-order valence-electron chi connectivity index (χ1n) is 10.7. The quantitative estimate of drug-likeness (QED) is 0.280. The Morgan fingerprint density at radius 2 is 1.97 bits per heavy atom. The van der Waals surface area contributed by atoms with Gasteiger partial charge in [0.25, 0.3) is 0 Å². The van der Waals surface area contributed by atoms with E-state index in [0.29, 0.717) is 0 Å². The molecule has 1 aliphatic rings. The standard InChI is InChI=1S/C21H20F5N7O3/c1-4-36-18(35)19(2)11-13(27-3)29-15(30-14(11)31-17(19)34)12-10-6-5-8-28-16(10)33(32-12)9-7-20(22,23)21(24,25)26/h5-6,8H,4,7,9H2,1-3H3,(H2,27,29,30,31,34). The number of aryl methyl sites for hydroxylation is 1. The van der Waals surface area contributed by atoms with E-state index in [9.17, 15) is 31.5 Å². The number of hydrogen-bond donors (Lipinski definition) is 2. The second-order valence-corrected chi connectivity index (χ2v) is 8.07. The van der Waals surface area contributed by atoms with Crippen LogP contribution < -0.4 is 10.6 Å². The summed E-state index contributed by atoms with van der Waals surface area (Å²) in [7, 11) is 1.50. The molecule has 0 saturated heterocycles. The van der Waals surface area contributed by atoms with Crippen LogP contribution in [0.1, 0.15) is 25.8 Å². The average Bonchev–Trinajstić information content (AvgIpc) is 3.32. The molecule has 2 N–H and O–H groups in total. The van der Waals surface area contributed by atoms with Crippen LogP contribution in [0.2, 0.25) is 0 Å². The average molecular weight is 513 g/mol. The maximum atomic E-state index is 13.5. The van der Waals surface area contributed by atoms with Gasteiger partial charge >= 0.3 is 18.1 Å². The summed E-state index contributed by atoms with van der Waals surface area (Å²) in [6.45, 7) is 2.20. The first-order valence-corrected chi connectivity index (χ1v) is 10.7. The minimum Gasteiger partial charge on any atom is -0.465 e. The van der Waals surface area contributed by atoms with Crippen LogP contribution in [-0.4, -0.2) is 62.4 Å². The van der Waals surface area contributed by atoms with Crippen molar-refractivity contribution in [3.8, 4) is 11.5 Å². The van der Waals surface area contributed by atoms with E-state index in [2.05, 4.69) is 30.7 Å². The van der Waals surface area contributed by atoms with Crippen LogP contribution in [0.4, 0.5) is 33.6 Å². The number of aromatic nitrogens is 5. The molecule has 4 heterocycles. The third-order valence-electron chi connectivity index (χ3n) is 5.79. The van der Waals surface area contributed by atoms with Crippen molar-refractivity contribution in [2.24, 2.45) is 0 Å². The lowest BCUT2D eigenvalue weighted by Crippen LogP contribution is -2.41. The fourth-order valence-corrected chi connectivity index (χ4v) is 3.85. The van der Waals surface area contributed by atoms with Crippen LogP contribution in [0.15, 0.2) is 18.3 Å². The van der Waals surface area contributed by atoms with Crippen LogP contribution >= 0.6 is 0 Å². The van der Waals surface area contributed by atoms with Gasteiger partial charge in [-0.2, -0.15) is 27.1 Å². The lowest BCUT2D eigenvalue weighted by atomic mass is 9.84. The normalized spacial score (nSPS) is 17.7. The number of fused-ring (bicyclic) bond motifs is 2. The van der Waals surface area contributed by atoms with Gasteiger partial charge in [-0.25, -0.2) is 19.6 Å². The number of carbonyl (C=O) groups is 2. The molecule has 1 atom stereocenters. The van der Waals surface area contributed by atoms with Crippen molar-refractivity contribution in [2.45, 2.75) is 44.3 Å². The molecule has 1 unspecified atom stereocenters. The molecule has 0 fully saturated rings. The van der Waals surface area contributed by atoms with Gasteiger partial charge in [0.1, 0.15) is 17.3 Å². The highest BCUT2D eigenvalue weighted by molar-refractivity contribution is 6.19. The van der Waals surface area contributed by atoms with Crippen LogP contribution in [-0.2, 0) is 26.3 Å². The van der Waals surface area contributed by atoms with E-state index in [-0.39, 0.29) is 46.4 Å². The Morgan fingerprint density at radius 1 is 1.25 bits per heavy atom. The monoisotopic (exact) mass is 513 g/mol. The first kappa shape index (κ1) is 25.2. The molecule has 3 aromatic heterocycles. The van der Waals surface area contributed by atoms with E-state index in [1.165, 1.54) is 32.3 Å². The number of halogens is 5. The van der Waals surface area contributed by atoms with Gasteiger partial charge in [-0.15, -0.1) is 0 Å². The molecular weight excluding hydrogens is 493 g/mol. The summed E-state index contributed by atoms with van der Waals surface area (Å²) < 4.78 is 71.0. The van der Waals surface area contributed by atoms with Gasteiger partial charge in [0.05, 0.1) is 17.6 Å². The minimum absolute atomic E-state index is 0.0000908. The largest absolute Gasteiger partial charge is 0.465 e. The number of esters is 1. The van der Waals surface area contributed by atoms with Crippen molar-refractivity contribution in [2.75, 3.05) is 24.3 Å². The lowest BCUT2D eigenvalue weighted by molar-refractivity contribution is -0.285. The highest BCUT2D eigenvalue weighted by Gasteiger charge is 2.57. The van der Waals surface area contributed by atoms with Gasteiger partial charge in [0.15, 0.2) is 16.9 Å². The molecule has 192 valence electrons. The Balaban J connectivity index is 1.81. The third-order valence-corrected chi connectivity index (χ3v) is 5.79. The zero-order chi connectivity index (χ0) is 26.5. The molecular formula is C21H20F5N7O3. The first-order chi connectivity index (χ1) is 16.8. The van der Waals surface area contributed by atoms with Crippen molar-refractivity contribution in [1.29, 1.82) is 0 Å². The van der Waals surface area contributed by atoms with Crippen LogP contribution in [0.25, 0.3) is 22.6 Å². The topological polar surface area (TPSA) is 124 Å². The zero-order valence-electron chi connectivity index (χ0n) is 19.2. The summed E-state index contributed by atoms with van der Waals surface area (Å²) in [5.41, 5.74) is -1.52. The molecule has 0 radical (unpaired) electrons. The molecule has 15 heteroatoms. The van der Waals surface area contributed by atoms with E-state index in [1.807, 2.05) is 0 Å². The van der Waals surface area contributed by atoms with E-state index in [1.54, 1.807) is 6.92 Å². The number of nitrogens with zero attached hydrogens (tertiary/aromatic N) is 5. The van der Waals surface area contributed by atoms with Crippen molar-refractivity contribution in [1.82, 2.24) is 24.7 Å². The molecule has 0 spiro atoms. The molecule has 4 rings (SSSR count). The number of alkyl halides is 5. The minimum atomic E-state index is -5.71. The second-order valence-electron chi connectivity index (χ2n) is 8.07. The fraction of sp³-hybridized carbons (Fsp3) is 0.429. The molecule has 0 aliphatic carbocycles. The van der Waals surface area contributed by atoms with Crippen molar-refractivity contribution >= 4 is 34.5 Å². The van der Waals surface area contributed by atoms with Crippen LogP contribution in [0, 0.1) is 0 Å². The highest BCUT2D eigenvalue weighted by Crippen LogP contribution is 2.43. The molecule has 0 saturated carbocycles. The summed E-state index contributed by atoms with van der Waals surface area (Å²) in [4.78, 5) is 38.1. The molecule has 1 amide bonds. The number of carbonyl (C=O) groups excluding carboxylic acids is 2. The Bertz CT molecular complexity index is 1360. The Kier molecular flexibility index (Phi) is 6.04. The smallest absolute Gasteiger partial charge is 0.453 e. The highest BCUT2D eigenvalue weighted by atomic mass is 19.4. The van der Waals surface area contributed by atoms with E-state index >= 15 is 0 Å². The molecule has 0 aromatic carbocycles. The summed E-state index contributed by atoms with van der Waals surface area (Å²) in [5.74, 6) is -6.40. The number of rotatable bonds is 7. The lowest BCUT2D eigenvalue weighted by Gasteiger charge is -2.21. The summed E-state index contributed by atoms with van der Waals surface area (Å²) in [6.07, 6.45) is -5.93. The molecule has 36 heavy (non-hydrogen) atoms. The Labute approximate surface area is 200 Å². The number of anilines is 2. The predicted molar refractivity (Wildman–Crippen MR) is 116 cm³/mol. The number of ether oxygens (including phenoxy) is 1. The van der Waals surface area contributed by atoms with Gasteiger partial charge in [0.2, 0.25) is 5.91 Å². The SMILES string of the molecule is CCOC(=O)C1(C)C(=O)Nc2nc(-c3nn(CCC(F)(F)C(F)(F)F)c4ncccc34)nc(NC)c21. The van der Waals surface area contributed by atoms with Crippen LogP contribution in [0.3, 0.4) is 0 Å². The Morgan fingerprint density at radius 3 is 2.61 bits per heavy atom. The Hall–Kier alpha value is -3.91. The molecule has 3 aromatic rings. The van der Waals surface area contributed by atoms with Crippen LogP contribution in [0.5, 0.6) is 0 Å². The van der Waals surface area contributed by atoms with E-state index in [0.717, 1.165) is 4.68 Å². The zero-order valence-corrected chi connectivity index (χ0v) is 19.2. The van der Waals surface area contributed by atoms with Crippen molar-refractivity contribution in [3.05, 3.63) is 23.9 Å². The van der Waals surface area contributed by atoms with Crippen molar-refractivity contribution in [3.63, 3.8) is 0 Å². The number of pyridine rings is 1. The summed E-state index contributed by atoms with van der Waals surface area (Å²) in [6, 6.07) is 3.05. The summed E-state index contributed by atoms with van der Waals surface area (Å²) >= 11 is 0. The number of nitrogens with one attached hydrogen (secondary N) is 2. The maximum absolute atomic E-state index is 13.5. The molecule has 0 bridgehead atoms. The van der Waals surface area contributed by atoms with Crippen molar-refractivity contribution < 1.29 is 36.3 Å². The van der Waals surface area contributed by atoms with E-state index in [4.69, 9.17) is 4.74 Å². The van der Waals surface area contributed by atoms with E-state index < -0.39 is 42.4 Å². The number of amides is 1. The van der Waals surface area contributed by atoms with Gasteiger partial charge in [-0.05, 0) is 26.0 Å². The summed E-state index contributed by atoms with van der Waals surface area (Å²) in [5, 5.41) is 9.77. The third kappa shape index (κ3) is 3.87.